The molecule has 224 valence electrons. The lowest BCUT2D eigenvalue weighted by atomic mass is 10.0. The van der Waals surface area contributed by atoms with Gasteiger partial charge in [-0.1, -0.05) is 90.0 Å². The quantitative estimate of drug-likeness (QED) is 0.211. The Kier molecular flexibility index (Phi) is 10.6. The van der Waals surface area contributed by atoms with Crippen LogP contribution in [0, 0.1) is 6.92 Å². The molecule has 0 radical (unpaired) electrons. The highest BCUT2D eigenvalue weighted by atomic mass is 35.5. The first kappa shape index (κ1) is 31.8. The standard InChI is InChI=1S/C34H36ClN3O4S/c1-25(2)36-34(40)32(22-27-11-6-4-7-12-27)37(23-28-13-10-14-29(35)21-28)33(39)24-38(30-19-17-26(3)18-20-30)43(41,42)31-15-8-5-9-16-31/h4-21,25,32H,22-24H2,1-3H3,(H,36,40)/t32-/m0/s1. The number of rotatable bonds is 12. The molecule has 0 unspecified atom stereocenters. The smallest absolute Gasteiger partial charge is 0.264 e. The lowest BCUT2D eigenvalue weighted by molar-refractivity contribution is -0.140. The van der Waals surface area contributed by atoms with Crippen molar-refractivity contribution in [2.75, 3.05) is 10.8 Å². The molecule has 4 aromatic rings. The highest BCUT2D eigenvalue weighted by molar-refractivity contribution is 7.92. The van der Waals surface area contributed by atoms with Crippen molar-refractivity contribution in [3.63, 3.8) is 0 Å². The third-order valence-electron chi connectivity index (χ3n) is 6.88. The summed E-state index contributed by atoms with van der Waals surface area (Å²) in [6.07, 6.45) is 0.238. The fourth-order valence-electron chi connectivity index (χ4n) is 4.73. The second-order valence-corrected chi connectivity index (χ2v) is 13.0. The van der Waals surface area contributed by atoms with Crippen molar-refractivity contribution in [3.05, 3.63) is 131 Å². The number of amides is 2. The zero-order valence-electron chi connectivity index (χ0n) is 24.5. The largest absolute Gasteiger partial charge is 0.352 e. The minimum absolute atomic E-state index is 0.0511. The van der Waals surface area contributed by atoms with E-state index in [0.717, 1.165) is 15.4 Å². The Morgan fingerprint density at radius 3 is 2.02 bits per heavy atom. The molecule has 0 aliphatic rings. The average Bonchev–Trinajstić information content (AvgIpc) is 2.98. The summed E-state index contributed by atoms with van der Waals surface area (Å²) < 4.78 is 29.1. The first-order chi connectivity index (χ1) is 20.5. The lowest BCUT2D eigenvalue weighted by Gasteiger charge is -2.34. The minimum atomic E-state index is -4.13. The fraction of sp³-hybridized carbons (Fsp3) is 0.235. The summed E-state index contributed by atoms with van der Waals surface area (Å²) in [5, 5.41) is 3.44. The molecule has 2 amide bonds. The van der Waals surface area contributed by atoms with Gasteiger partial charge in [-0.25, -0.2) is 8.42 Å². The van der Waals surface area contributed by atoms with Gasteiger partial charge >= 0.3 is 0 Å². The zero-order chi connectivity index (χ0) is 31.0. The summed E-state index contributed by atoms with van der Waals surface area (Å²) in [5.41, 5.74) is 2.87. The minimum Gasteiger partial charge on any atom is -0.352 e. The number of nitrogens with one attached hydrogen (secondary N) is 1. The van der Waals surface area contributed by atoms with Crippen LogP contribution in [0.15, 0.2) is 114 Å². The molecule has 0 saturated heterocycles. The summed E-state index contributed by atoms with van der Waals surface area (Å²) in [6, 6.07) is 30.4. The topological polar surface area (TPSA) is 86.8 Å². The summed E-state index contributed by atoms with van der Waals surface area (Å²) in [7, 11) is -4.13. The van der Waals surface area contributed by atoms with E-state index in [1.165, 1.54) is 17.0 Å². The molecule has 1 N–H and O–H groups in total. The Hall–Kier alpha value is -4.14. The van der Waals surface area contributed by atoms with Gasteiger partial charge in [-0.05, 0) is 68.3 Å². The van der Waals surface area contributed by atoms with Crippen LogP contribution in [0.25, 0.3) is 0 Å². The number of anilines is 1. The summed E-state index contributed by atoms with van der Waals surface area (Å²) in [5.74, 6) is -0.859. The van der Waals surface area contributed by atoms with Crippen molar-refractivity contribution >= 4 is 39.1 Å². The first-order valence-corrected chi connectivity index (χ1v) is 15.9. The Labute approximate surface area is 259 Å². The zero-order valence-corrected chi connectivity index (χ0v) is 26.1. The van der Waals surface area contributed by atoms with Gasteiger partial charge in [0.05, 0.1) is 10.6 Å². The lowest BCUT2D eigenvalue weighted by Crippen LogP contribution is -2.54. The maximum atomic E-state index is 14.4. The molecule has 0 bridgehead atoms. The Morgan fingerprint density at radius 2 is 1.42 bits per heavy atom. The fourth-order valence-corrected chi connectivity index (χ4v) is 6.37. The molecule has 4 rings (SSSR count). The first-order valence-electron chi connectivity index (χ1n) is 14.1. The Bertz CT molecular complexity index is 1630. The molecule has 1 atom stereocenters. The van der Waals surface area contributed by atoms with Crippen molar-refractivity contribution < 1.29 is 18.0 Å². The van der Waals surface area contributed by atoms with Crippen LogP contribution >= 0.6 is 11.6 Å². The molecule has 9 heteroatoms. The molecule has 4 aromatic carbocycles. The number of halogens is 1. The van der Waals surface area contributed by atoms with E-state index in [2.05, 4.69) is 5.32 Å². The maximum absolute atomic E-state index is 14.4. The molecule has 0 fully saturated rings. The van der Waals surface area contributed by atoms with E-state index in [1.54, 1.807) is 60.7 Å². The van der Waals surface area contributed by atoms with Crippen LogP contribution in [-0.2, 0) is 32.6 Å². The van der Waals surface area contributed by atoms with Gasteiger partial charge in [-0.15, -0.1) is 0 Å². The van der Waals surface area contributed by atoms with Gasteiger partial charge in [-0.3, -0.25) is 13.9 Å². The Balaban J connectivity index is 1.79. The maximum Gasteiger partial charge on any atom is 0.264 e. The summed E-state index contributed by atoms with van der Waals surface area (Å²) in [4.78, 5) is 29.6. The van der Waals surface area contributed by atoms with Crippen LogP contribution in [-0.4, -0.2) is 43.8 Å². The number of nitrogens with zero attached hydrogens (tertiary/aromatic N) is 2. The SMILES string of the molecule is Cc1ccc(N(CC(=O)N(Cc2cccc(Cl)c2)[C@@H](Cc2ccccc2)C(=O)NC(C)C)S(=O)(=O)c2ccccc2)cc1. The highest BCUT2D eigenvalue weighted by Crippen LogP contribution is 2.25. The molecular weight excluding hydrogens is 582 g/mol. The normalized spacial score (nSPS) is 12.0. The molecule has 0 aliphatic carbocycles. The predicted molar refractivity (Wildman–Crippen MR) is 171 cm³/mol. The van der Waals surface area contributed by atoms with Gasteiger partial charge in [0, 0.05) is 24.0 Å². The summed E-state index contributed by atoms with van der Waals surface area (Å²) in [6.45, 7) is 5.15. The van der Waals surface area contributed by atoms with E-state index in [1.807, 2.05) is 57.2 Å². The van der Waals surface area contributed by atoms with E-state index >= 15 is 0 Å². The molecule has 0 heterocycles. The molecule has 43 heavy (non-hydrogen) atoms. The van der Waals surface area contributed by atoms with Gasteiger partial charge in [0.25, 0.3) is 10.0 Å². The van der Waals surface area contributed by atoms with Crippen LogP contribution in [0.4, 0.5) is 5.69 Å². The van der Waals surface area contributed by atoms with Gasteiger partial charge in [0.2, 0.25) is 11.8 Å². The van der Waals surface area contributed by atoms with Gasteiger partial charge in [0.1, 0.15) is 12.6 Å². The highest BCUT2D eigenvalue weighted by Gasteiger charge is 2.34. The second kappa shape index (κ2) is 14.4. The summed E-state index contributed by atoms with van der Waals surface area (Å²) >= 11 is 6.28. The number of benzene rings is 4. The van der Waals surface area contributed by atoms with Crippen LogP contribution < -0.4 is 9.62 Å². The average molecular weight is 618 g/mol. The van der Waals surface area contributed by atoms with Crippen molar-refractivity contribution in [2.45, 2.75) is 50.7 Å². The number of hydrogen-bond donors (Lipinski definition) is 1. The van der Waals surface area contributed by atoms with Crippen molar-refractivity contribution in [1.82, 2.24) is 10.2 Å². The van der Waals surface area contributed by atoms with Gasteiger partial charge in [0.15, 0.2) is 0 Å². The number of sulfonamides is 1. The van der Waals surface area contributed by atoms with E-state index in [0.29, 0.717) is 16.3 Å². The monoisotopic (exact) mass is 617 g/mol. The van der Waals surface area contributed by atoms with Gasteiger partial charge in [-0.2, -0.15) is 0 Å². The molecule has 0 aliphatic heterocycles. The van der Waals surface area contributed by atoms with E-state index in [9.17, 15) is 18.0 Å². The van der Waals surface area contributed by atoms with Crippen LogP contribution in [0.5, 0.6) is 0 Å². The van der Waals surface area contributed by atoms with Crippen LogP contribution in [0.3, 0.4) is 0 Å². The van der Waals surface area contributed by atoms with E-state index in [-0.39, 0.29) is 29.8 Å². The molecular formula is C34H36ClN3O4S. The van der Waals surface area contributed by atoms with Crippen molar-refractivity contribution in [3.8, 4) is 0 Å². The van der Waals surface area contributed by atoms with Gasteiger partial charge < -0.3 is 10.2 Å². The number of aryl methyl sites for hydroxylation is 1. The molecule has 0 spiro atoms. The van der Waals surface area contributed by atoms with E-state index in [4.69, 9.17) is 11.6 Å². The van der Waals surface area contributed by atoms with Crippen LogP contribution in [0.1, 0.15) is 30.5 Å². The molecule has 0 saturated carbocycles. The second-order valence-electron chi connectivity index (χ2n) is 10.7. The van der Waals surface area contributed by atoms with Crippen molar-refractivity contribution in [2.24, 2.45) is 0 Å². The number of carbonyl (C=O) groups is 2. The Morgan fingerprint density at radius 1 is 0.814 bits per heavy atom. The molecule has 7 nitrogen and oxygen atoms in total. The van der Waals surface area contributed by atoms with Crippen LogP contribution in [0.2, 0.25) is 5.02 Å². The third-order valence-corrected chi connectivity index (χ3v) is 8.90. The third kappa shape index (κ3) is 8.46. The van der Waals surface area contributed by atoms with E-state index < -0.39 is 28.5 Å². The molecule has 0 aromatic heterocycles. The predicted octanol–water partition coefficient (Wildman–Crippen LogP) is 6.01. The number of carbonyl (C=O) groups excluding carboxylic acids is 2. The van der Waals surface area contributed by atoms with Crippen molar-refractivity contribution in [1.29, 1.82) is 0 Å². The number of hydrogen-bond acceptors (Lipinski definition) is 4.